The first kappa shape index (κ1) is 21.3. The molecule has 0 aliphatic carbocycles. The molecule has 2 aromatic heterocycles. The number of rotatable bonds is 4. The van der Waals surface area contributed by atoms with Gasteiger partial charge in [-0.15, -0.1) is 11.3 Å². The van der Waals surface area contributed by atoms with Crippen molar-refractivity contribution in [3.63, 3.8) is 0 Å². The molecule has 0 spiro atoms. The number of benzene rings is 1. The number of nitrogens with zero attached hydrogens (tertiary/aromatic N) is 4. The summed E-state index contributed by atoms with van der Waals surface area (Å²) in [7, 11) is -2.92. The quantitative estimate of drug-likeness (QED) is 0.571. The molecule has 2 aliphatic heterocycles. The van der Waals surface area contributed by atoms with Gasteiger partial charge in [-0.05, 0) is 18.1 Å². The smallest absolute Gasteiger partial charge is 0.262 e. The lowest BCUT2D eigenvalue weighted by atomic mass is 10.2. The van der Waals surface area contributed by atoms with Crippen LogP contribution in [0.5, 0.6) is 0 Å². The van der Waals surface area contributed by atoms with E-state index in [1.165, 1.54) is 22.2 Å². The topological polar surface area (TPSA) is 92.6 Å². The second kappa shape index (κ2) is 8.42. The Balaban J connectivity index is 1.26. The number of sulfone groups is 1. The average molecular weight is 473 g/mol. The zero-order valence-corrected chi connectivity index (χ0v) is 19.1. The van der Waals surface area contributed by atoms with Gasteiger partial charge in [0.15, 0.2) is 9.84 Å². The molecule has 0 N–H and O–H groups in total. The standard InChI is InChI=1S/C22H24N4O4S2/c27-20(25-9-7-24(8-10-25)17-6-11-32(29,30)14-17)13-26-15-23-21-18(22(26)28)12-19(31-21)16-4-2-1-3-5-16/h1-5,12,15,17H,6-11,13-14H2/t17-/m0/s1. The minimum Gasteiger partial charge on any atom is -0.339 e. The molecule has 0 bridgehead atoms. The molecule has 5 rings (SSSR count). The summed E-state index contributed by atoms with van der Waals surface area (Å²) in [5.41, 5.74) is 0.821. The van der Waals surface area contributed by atoms with Crippen LogP contribution in [0.3, 0.4) is 0 Å². The molecule has 32 heavy (non-hydrogen) atoms. The zero-order chi connectivity index (χ0) is 22.3. The molecule has 168 valence electrons. The van der Waals surface area contributed by atoms with Crippen molar-refractivity contribution in [2.75, 3.05) is 37.7 Å². The van der Waals surface area contributed by atoms with Gasteiger partial charge in [0.05, 0.1) is 23.2 Å². The van der Waals surface area contributed by atoms with Crippen molar-refractivity contribution in [3.05, 3.63) is 53.1 Å². The van der Waals surface area contributed by atoms with E-state index in [1.54, 1.807) is 4.90 Å². The Morgan fingerprint density at radius 2 is 1.88 bits per heavy atom. The van der Waals surface area contributed by atoms with Gasteiger partial charge in [-0.3, -0.25) is 19.1 Å². The maximum Gasteiger partial charge on any atom is 0.262 e. The molecule has 1 atom stereocenters. The SMILES string of the molecule is O=C(Cn1cnc2sc(-c3ccccc3)cc2c1=O)N1CCN([C@H]2CCS(=O)(=O)C2)CC1. The summed E-state index contributed by atoms with van der Waals surface area (Å²) in [6.07, 6.45) is 2.12. The molecule has 0 radical (unpaired) electrons. The maximum absolute atomic E-state index is 13.0. The number of hydrogen-bond acceptors (Lipinski definition) is 7. The molecule has 2 fully saturated rings. The van der Waals surface area contributed by atoms with E-state index in [0.29, 0.717) is 42.8 Å². The molecule has 1 amide bonds. The summed E-state index contributed by atoms with van der Waals surface area (Å²) in [5.74, 6) is 0.350. The fourth-order valence-corrected chi connectivity index (χ4v) is 7.22. The fourth-order valence-electron chi connectivity index (χ4n) is 4.46. The van der Waals surface area contributed by atoms with Crippen LogP contribution in [0.4, 0.5) is 0 Å². The number of amides is 1. The molecule has 4 heterocycles. The van der Waals surface area contributed by atoms with Gasteiger partial charge in [0.1, 0.15) is 11.4 Å². The van der Waals surface area contributed by atoms with E-state index in [9.17, 15) is 18.0 Å². The lowest BCUT2D eigenvalue weighted by Gasteiger charge is -2.37. The van der Waals surface area contributed by atoms with Gasteiger partial charge in [-0.25, -0.2) is 13.4 Å². The minimum atomic E-state index is -2.92. The van der Waals surface area contributed by atoms with Crippen LogP contribution in [0.2, 0.25) is 0 Å². The van der Waals surface area contributed by atoms with Crippen LogP contribution in [-0.4, -0.2) is 77.4 Å². The summed E-state index contributed by atoms with van der Waals surface area (Å²) in [6.45, 7) is 2.34. The van der Waals surface area contributed by atoms with Crippen molar-refractivity contribution in [2.45, 2.75) is 19.0 Å². The van der Waals surface area contributed by atoms with Crippen molar-refractivity contribution in [1.29, 1.82) is 0 Å². The van der Waals surface area contributed by atoms with Crippen LogP contribution in [0.1, 0.15) is 6.42 Å². The highest BCUT2D eigenvalue weighted by molar-refractivity contribution is 7.91. The van der Waals surface area contributed by atoms with Crippen LogP contribution < -0.4 is 5.56 Å². The predicted molar refractivity (Wildman–Crippen MR) is 125 cm³/mol. The Hall–Kier alpha value is -2.56. The highest BCUT2D eigenvalue weighted by Crippen LogP contribution is 2.30. The Morgan fingerprint density at radius 3 is 2.56 bits per heavy atom. The molecule has 3 aromatic rings. The third-order valence-electron chi connectivity index (χ3n) is 6.27. The van der Waals surface area contributed by atoms with Gasteiger partial charge >= 0.3 is 0 Å². The highest BCUT2D eigenvalue weighted by Gasteiger charge is 2.34. The lowest BCUT2D eigenvalue weighted by molar-refractivity contribution is -0.133. The summed E-state index contributed by atoms with van der Waals surface area (Å²) >= 11 is 1.46. The number of hydrogen-bond donors (Lipinski definition) is 0. The van der Waals surface area contributed by atoms with Gasteiger partial charge in [0.2, 0.25) is 5.91 Å². The van der Waals surface area contributed by atoms with Gasteiger partial charge in [-0.2, -0.15) is 0 Å². The molecular formula is C22H24N4O4S2. The lowest BCUT2D eigenvalue weighted by Crippen LogP contribution is -2.53. The van der Waals surface area contributed by atoms with Crippen LogP contribution >= 0.6 is 11.3 Å². The minimum absolute atomic E-state index is 0.0455. The van der Waals surface area contributed by atoms with Gasteiger partial charge in [0, 0.05) is 37.1 Å². The molecule has 2 aliphatic rings. The predicted octanol–water partition coefficient (Wildman–Crippen LogP) is 1.46. The van der Waals surface area contributed by atoms with E-state index in [0.717, 1.165) is 10.4 Å². The van der Waals surface area contributed by atoms with E-state index < -0.39 is 9.84 Å². The van der Waals surface area contributed by atoms with Crippen LogP contribution in [0, 0.1) is 0 Å². The van der Waals surface area contributed by atoms with Crippen LogP contribution in [0.15, 0.2) is 47.5 Å². The van der Waals surface area contributed by atoms with Crippen molar-refractivity contribution < 1.29 is 13.2 Å². The first-order valence-electron chi connectivity index (χ1n) is 10.7. The first-order chi connectivity index (χ1) is 15.4. The molecular weight excluding hydrogens is 448 g/mol. The second-order valence-electron chi connectivity index (χ2n) is 8.35. The Bertz CT molecular complexity index is 1310. The van der Waals surface area contributed by atoms with E-state index in [4.69, 9.17) is 0 Å². The highest BCUT2D eigenvalue weighted by atomic mass is 32.2. The first-order valence-corrected chi connectivity index (χ1v) is 13.3. The van der Waals surface area contributed by atoms with E-state index >= 15 is 0 Å². The third-order valence-corrected chi connectivity index (χ3v) is 9.12. The molecule has 0 saturated carbocycles. The molecule has 10 heteroatoms. The van der Waals surface area contributed by atoms with Gasteiger partial charge < -0.3 is 4.90 Å². The normalized spacial score (nSPS) is 21.2. The molecule has 8 nitrogen and oxygen atoms in total. The van der Waals surface area contributed by atoms with Crippen molar-refractivity contribution in [3.8, 4) is 10.4 Å². The van der Waals surface area contributed by atoms with Crippen molar-refractivity contribution in [1.82, 2.24) is 19.4 Å². The van der Waals surface area contributed by atoms with Crippen molar-refractivity contribution >= 4 is 37.3 Å². The van der Waals surface area contributed by atoms with E-state index in [-0.39, 0.29) is 35.6 Å². The largest absolute Gasteiger partial charge is 0.339 e. The summed E-state index contributed by atoms with van der Waals surface area (Å²) in [4.78, 5) is 35.8. The Kier molecular flexibility index (Phi) is 5.60. The van der Waals surface area contributed by atoms with Crippen LogP contribution in [0.25, 0.3) is 20.7 Å². The number of aromatic nitrogens is 2. The summed E-state index contributed by atoms with van der Waals surface area (Å²) in [5, 5.41) is 0.524. The van der Waals surface area contributed by atoms with Gasteiger partial charge in [-0.1, -0.05) is 30.3 Å². The van der Waals surface area contributed by atoms with E-state index in [2.05, 4.69) is 9.88 Å². The summed E-state index contributed by atoms with van der Waals surface area (Å²) in [6, 6.07) is 11.7. The number of thiophene rings is 1. The monoisotopic (exact) mass is 472 g/mol. The molecule has 2 saturated heterocycles. The molecule has 1 aromatic carbocycles. The van der Waals surface area contributed by atoms with Crippen LogP contribution in [-0.2, 0) is 21.2 Å². The van der Waals surface area contributed by atoms with E-state index in [1.807, 2.05) is 36.4 Å². The number of piperazine rings is 1. The van der Waals surface area contributed by atoms with Crippen molar-refractivity contribution in [2.24, 2.45) is 0 Å². The average Bonchev–Trinajstić information content (AvgIpc) is 3.40. The maximum atomic E-state index is 13.0. The molecule has 0 unspecified atom stereocenters. The zero-order valence-electron chi connectivity index (χ0n) is 17.5. The summed E-state index contributed by atoms with van der Waals surface area (Å²) < 4.78 is 24.9. The second-order valence-corrected chi connectivity index (χ2v) is 11.6. The Morgan fingerprint density at radius 1 is 1.12 bits per heavy atom. The number of carbonyl (C=O) groups excluding carboxylic acids is 1. The number of carbonyl (C=O) groups is 1. The Labute approximate surface area is 190 Å². The third kappa shape index (κ3) is 4.22. The fraction of sp³-hybridized carbons (Fsp3) is 0.409. The van der Waals surface area contributed by atoms with Gasteiger partial charge in [0.25, 0.3) is 5.56 Å². The number of fused-ring (bicyclic) bond motifs is 1.